The smallest absolute Gasteiger partial charge is 0.302 e. The van der Waals surface area contributed by atoms with E-state index in [0.717, 1.165) is 0 Å². The summed E-state index contributed by atoms with van der Waals surface area (Å²) in [6.07, 6.45) is 1.92. The molecule has 0 rings (SSSR count). The summed E-state index contributed by atoms with van der Waals surface area (Å²) >= 11 is 0. The molecule has 0 saturated carbocycles. The van der Waals surface area contributed by atoms with Gasteiger partial charge in [-0.15, -0.1) is 0 Å². The van der Waals surface area contributed by atoms with Crippen LogP contribution in [0.15, 0.2) is 11.8 Å². The average molecular weight is 172 g/mol. The Kier molecular flexibility index (Phi) is 4.11. The second-order valence-electron chi connectivity index (χ2n) is 3.57. The van der Waals surface area contributed by atoms with Crippen LogP contribution >= 0.6 is 0 Å². The van der Waals surface area contributed by atoms with Gasteiger partial charge < -0.3 is 4.74 Å². The molecule has 0 aliphatic carbocycles. The summed E-state index contributed by atoms with van der Waals surface area (Å²) in [4.78, 5) is 10.3. The maximum absolute atomic E-state index is 10.3. The highest BCUT2D eigenvalue weighted by molar-refractivity contribution is 6.80. The van der Waals surface area contributed by atoms with Crippen molar-refractivity contribution >= 4 is 14.0 Å². The van der Waals surface area contributed by atoms with Crippen LogP contribution in [0.4, 0.5) is 0 Å². The van der Waals surface area contributed by atoms with Crippen LogP contribution in [-0.4, -0.2) is 20.7 Å². The molecule has 0 unspecified atom stereocenters. The molecule has 0 amide bonds. The molecule has 0 aliphatic rings. The minimum Gasteiger partial charge on any atom is -0.462 e. The molecule has 0 radical (unpaired) electrons. The molecule has 0 aromatic rings. The molecular formula is C8H16O2Si. The quantitative estimate of drug-likeness (QED) is 0.480. The van der Waals surface area contributed by atoms with E-state index in [1.165, 1.54) is 6.92 Å². The molecule has 64 valence electrons. The zero-order chi connectivity index (χ0) is 8.91. The van der Waals surface area contributed by atoms with E-state index in [4.69, 9.17) is 4.74 Å². The number of esters is 1. The van der Waals surface area contributed by atoms with Crippen molar-refractivity contribution in [1.29, 1.82) is 0 Å². The number of carbonyl (C=O) groups is 1. The SMILES string of the molecule is CC(=O)OC/C=C/[Si](C)(C)C. The van der Waals surface area contributed by atoms with Crippen molar-refractivity contribution in [2.24, 2.45) is 0 Å². The Balaban J connectivity index is 3.54. The fourth-order valence-corrected chi connectivity index (χ4v) is 1.37. The van der Waals surface area contributed by atoms with Crippen LogP contribution < -0.4 is 0 Å². The van der Waals surface area contributed by atoms with Gasteiger partial charge in [0.15, 0.2) is 0 Å². The topological polar surface area (TPSA) is 26.3 Å². The standard InChI is InChI=1S/C8H16O2Si/c1-8(9)10-6-5-7-11(2,3)4/h5,7H,6H2,1-4H3/b7-5+. The predicted molar refractivity (Wildman–Crippen MR) is 49.1 cm³/mol. The Morgan fingerprint density at radius 2 is 2.00 bits per heavy atom. The van der Waals surface area contributed by atoms with Crippen LogP contribution in [0.5, 0.6) is 0 Å². The number of ether oxygens (including phenoxy) is 1. The lowest BCUT2D eigenvalue weighted by atomic mass is 10.7. The molecule has 0 aromatic carbocycles. The Morgan fingerprint density at radius 3 is 2.36 bits per heavy atom. The first-order chi connectivity index (χ1) is 4.92. The molecule has 11 heavy (non-hydrogen) atoms. The average Bonchev–Trinajstić information content (AvgIpc) is 1.78. The number of hydrogen-bond acceptors (Lipinski definition) is 2. The second-order valence-corrected chi connectivity index (χ2v) is 8.64. The lowest BCUT2D eigenvalue weighted by Crippen LogP contribution is -2.15. The van der Waals surface area contributed by atoms with E-state index in [-0.39, 0.29) is 5.97 Å². The van der Waals surface area contributed by atoms with Crippen LogP contribution in [-0.2, 0) is 9.53 Å². The first-order valence-electron chi connectivity index (χ1n) is 3.73. The largest absolute Gasteiger partial charge is 0.462 e. The van der Waals surface area contributed by atoms with Gasteiger partial charge in [0.2, 0.25) is 0 Å². The maximum atomic E-state index is 10.3. The summed E-state index contributed by atoms with van der Waals surface area (Å²) in [7, 11) is -1.10. The van der Waals surface area contributed by atoms with Crippen molar-refractivity contribution in [3.05, 3.63) is 11.8 Å². The molecular weight excluding hydrogens is 156 g/mol. The molecule has 0 spiro atoms. The normalized spacial score (nSPS) is 12.0. The van der Waals surface area contributed by atoms with Gasteiger partial charge in [0.05, 0.1) is 8.07 Å². The monoisotopic (exact) mass is 172 g/mol. The van der Waals surface area contributed by atoms with E-state index < -0.39 is 8.07 Å². The molecule has 3 heteroatoms. The van der Waals surface area contributed by atoms with Crippen LogP contribution in [0.2, 0.25) is 19.6 Å². The van der Waals surface area contributed by atoms with Crippen molar-refractivity contribution in [2.45, 2.75) is 26.6 Å². The van der Waals surface area contributed by atoms with Gasteiger partial charge in [-0.1, -0.05) is 31.4 Å². The van der Waals surface area contributed by atoms with Gasteiger partial charge in [0, 0.05) is 6.92 Å². The molecule has 0 aromatic heterocycles. The highest BCUT2D eigenvalue weighted by Gasteiger charge is 2.05. The molecule has 0 atom stereocenters. The molecule has 0 fully saturated rings. The van der Waals surface area contributed by atoms with E-state index >= 15 is 0 Å². The zero-order valence-corrected chi connectivity index (χ0v) is 8.68. The number of carbonyl (C=O) groups excluding carboxylic acids is 1. The minimum absolute atomic E-state index is 0.217. The zero-order valence-electron chi connectivity index (χ0n) is 7.68. The number of rotatable bonds is 3. The lowest BCUT2D eigenvalue weighted by molar-refractivity contribution is -0.139. The molecule has 2 nitrogen and oxygen atoms in total. The van der Waals surface area contributed by atoms with E-state index in [9.17, 15) is 4.79 Å². The third-order valence-electron chi connectivity index (χ3n) is 1.00. The van der Waals surface area contributed by atoms with Gasteiger partial charge in [-0.05, 0) is 0 Å². The molecule has 0 N–H and O–H groups in total. The van der Waals surface area contributed by atoms with Crippen LogP contribution in [0, 0.1) is 0 Å². The first kappa shape index (κ1) is 10.4. The molecule has 0 aliphatic heterocycles. The van der Waals surface area contributed by atoms with E-state index in [1.807, 2.05) is 6.08 Å². The Morgan fingerprint density at radius 1 is 1.45 bits per heavy atom. The third kappa shape index (κ3) is 9.43. The van der Waals surface area contributed by atoms with Gasteiger partial charge in [-0.3, -0.25) is 4.79 Å². The highest BCUT2D eigenvalue weighted by Crippen LogP contribution is 2.01. The predicted octanol–water partition coefficient (Wildman–Crippen LogP) is 1.98. The highest BCUT2D eigenvalue weighted by atomic mass is 28.3. The van der Waals surface area contributed by atoms with E-state index in [0.29, 0.717) is 6.61 Å². The molecule has 0 saturated heterocycles. The van der Waals surface area contributed by atoms with E-state index in [1.54, 1.807) is 0 Å². The van der Waals surface area contributed by atoms with Crippen LogP contribution in [0.3, 0.4) is 0 Å². The van der Waals surface area contributed by atoms with Gasteiger partial charge >= 0.3 is 5.97 Å². The minimum atomic E-state index is -1.10. The van der Waals surface area contributed by atoms with Gasteiger partial charge in [0.1, 0.15) is 6.61 Å². The summed E-state index contributed by atoms with van der Waals surface area (Å²) in [6.45, 7) is 8.54. The number of hydrogen-bond donors (Lipinski definition) is 0. The second kappa shape index (κ2) is 4.33. The first-order valence-corrected chi connectivity index (χ1v) is 7.30. The van der Waals surface area contributed by atoms with Crippen molar-refractivity contribution in [1.82, 2.24) is 0 Å². The maximum Gasteiger partial charge on any atom is 0.302 e. The van der Waals surface area contributed by atoms with Crippen molar-refractivity contribution < 1.29 is 9.53 Å². The van der Waals surface area contributed by atoms with Crippen molar-refractivity contribution in [3.63, 3.8) is 0 Å². The Bertz CT molecular complexity index is 156. The summed E-state index contributed by atoms with van der Waals surface area (Å²) < 4.78 is 4.73. The lowest BCUT2D eigenvalue weighted by Gasteiger charge is -2.07. The Hall–Kier alpha value is -0.573. The van der Waals surface area contributed by atoms with Crippen LogP contribution in [0.1, 0.15) is 6.92 Å². The molecule has 0 heterocycles. The molecule has 0 bridgehead atoms. The van der Waals surface area contributed by atoms with Gasteiger partial charge in [0.25, 0.3) is 0 Å². The summed E-state index contributed by atoms with van der Waals surface area (Å²) in [5, 5.41) is 0. The van der Waals surface area contributed by atoms with Gasteiger partial charge in [-0.2, -0.15) is 0 Å². The van der Waals surface area contributed by atoms with Crippen LogP contribution in [0.25, 0.3) is 0 Å². The van der Waals surface area contributed by atoms with Gasteiger partial charge in [-0.25, -0.2) is 0 Å². The Labute approximate surface area is 69.3 Å². The summed E-state index contributed by atoms with van der Waals surface area (Å²) in [5.41, 5.74) is 2.16. The fourth-order valence-electron chi connectivity index (χ4n) is 0.567. The summed E-state index contributed by atoms with van der Waals surface area (Å²) in [5.74, 6) is -0.217. The fraction of sp³-hybridized carbons (Fsp3) is 0.625. The van der Waals surface area contributed by atoms with Crippen molar-refractivity contribution in [2.75, 3.05) is 6.61 Å². The van der Waals surface area contributed by atoms with Crippen molar-refractivity contribution in [3.8, 4) is 0 Å². The summed E-state index contributed by atoms with van der Waals surface area (Å²) in [6, 6.07) is 0. The van der Waals surface area contributed by atoms with E-state index in [2.05, 4.69) is 25.3 Å². The third-order valence-corrected chi connectivity index (χ3v) is 2.24.